The number of piperidine rings is 1. The zero-order valence-electron chi connectivity index (χ0n) is 13.6. The van der Waals surface area contributed by atoms with E-state index in [1.54, 1.807) is 0 Å². The fourth-order valence-electron chi connectivity index (χ4n) is 4.42. The van der Waals surface area contributed by atoms with Crippen LogP contribution in [0.5, 0.6) is 0 Å². The number of aliphatic hydroxyl groups is 1. The molecule has 4 heteroatoms. The molecule has 4 nitrogen and oxygen atoms in total. The van der Waals surface area contributed by atoms with E-state index in [1.165, 1.54) is 38.5 Å². The predicted octanol–water partition coefficient (Wildman–Crippen LogP) is 1.87. The van der Waals surface area contributed by atoms with E-state index >= 15 is 0 Å². The molecule has 0 aromatic heterocycles. The van der Waals surface area contributed by atoms with Gasteiger partial charge in [-0.15, -0.1) is 0 Å². The summed E-state index contributed by atoms with van der Waals surface area (Å²) >= 11 is 0. The van der Waals surface area contributed by atoms with Crippen LogP contribution in [0.25, 0.3) is 0 Å². The second-order valence-electron chi connectivity index (χ2n) is 7.74. The molecular weight excluding hydrogens is 264 g/mol. The Morgan fingerprint density at radius 2 is 1.86 bits per heavy atom. The summed E-state index contributed by atoms with van der Waals surface area (Å²) in [5.74, 6) is 1.31. The van der Waals surface area contributed by atoms with Crippen LogP contribution in [0.1, 0.15) is 52.4 Å². The van der Waals surface area contributed by atoms with Gasteiger partial charge in [0.2, 0.25) is 5.91 Å². The van der Waals surface area contributed by atoms with Crippen LogP contribution in [0.4, 0.5) is 0 Å². The molecule has 120 valence electrons. The molecule has 0 aromatic rings. The lowest BCUT2D eigenvalue weighted by Gasteiger charge is -2.50. The topological polar surface area (TPSA) is 43.8 Å². The number of carbonyl (C=O) groups excluding carboxylic acids is 1. The molecule has 2 atom stereocenters. The molecule has 2 aliphatic heterocycles. The number of amides is 1. The number of carbonyl (C=O) groups is 1. The molecule has 21 heavy (non-hydrogen) atoms. The van der Waals surface area contributed by atoms with Gasteiger partial charge in [0, 0.05) is 25.7 Å². The normalized spacial score (nSPS) is 32.7. The molecule has 3 fully saturated rings. The van der Waals surface area contributed by atoms with Crippen molar-refractivity contribution in [2.24, 2.45) is 11.8 Å². The molecule has 1 aliphatic carbocycles. The van der Waals surface area contributed by atoms with Crippen molar-refractivity contribution in [2.45, 2.75) is 64.0 Å². The Morgan fingerprint density at radius 1 is 1.19 bits per heavy atom. The number of likely N-dealkylation sites (tertiary alicyclic amines) is 2. The third-order valence-corrected chi connectivity index (χ3v) is 5.99. The summed E-state index contributed by atoms with van der Waals surface area (Å²) in [6.45, 7) is 6.85. The van der Waals surface area contributed by atoms with Crippen molar-refractivity contribution in [2.75, 3.05) is 26.2 Å². The molecule has 3 rings (SSSR count). The van der Waals surface area contributed by atoms with Crippen LogP contribution in [-0.2, 0) is 4.79 Å². The van der Waals surface area contributed by atoms with Crippen LogP contribution in [0.15, 0.2) is 0 Å². The number of nitrogens with zero attached hydrogens (tertiary/aromatic N) is 2. The molecule has 1 N–H and O–H groups in total. The molecule has 1 amide bonds. The summed E-state index contributed by atoms with van der Waals surface area (Å²) in [7, 11) is 0. The molecule has 0 aromatic carbocycles. The monoisotopic (exact) mass is 294 g/mol. The lowest BCUT2D eigenvalue weighted by atomic mass is 9.78. The first-order valence-corrected chi connectivity index (χ1v) is 8.74. The smallest absolute Gasteiger partial charge is 0.237 e. The quantitative estimate of drug-likeness (QED) is 0.864. The summed E-state index contributed by atoms with van der Waals surface area (Å²) in [6, 6.07) is 0.505. The van der Waals surface area contributed by atoms with Gasteiger partial charge in [-0.2, -0.15) is 0 Å². The van der Waals surface area contributed by atoms with E-state index in [9.17, 15) is 9.90 Å². The Hall–Kier alpha value is -0.610. The third-order valence-electron chi connectivity index (χ3n) is 5.99. The van der Waals surface area contributed by atoms with Crippen molar-refractivity contribution >= 4 is 5.91 Å². The first kappa shape index (κ1) is 15.3. The lowest BCUT2D eigenvalue weighted by Crippen LogP contribution is -2.66. The second-order valence-corrected chi connectivity index (χ2v) is 7.74. The van der Waals surface area contributed by atoms with Crippen molar-refractivity contribution in [3.8, 4) is 0 Å². The number of rotatable bonds is 3. The highest BCUT2D eigenvalue weighted by atomic mass is 16.3. The summed E-state index contributed by atoms with van der Waals surface area (Å²) in [6.07, 6.45) is 7.62. The Balaban J connectivity index is 1.54. The Kier molecular flexibility index (Phi) is 4.28. The van der Waals surface area contributed by atoms with E-state index in [0.29, 0.717) is 25.7 Å². The Morgan fingerprint density at radius 3 is 2.57 bits per heavy atom. The van der Waals surface area contributed by atoms with Crippen LogP contribution in [0, 0.1) is 11.8 Å². The molecule has 0 bridgehead atoms. The predicted molar refractivity (Wildman–Crippen MR) is 82.9 cm³/mol. The largest absolute Gasteiger partial charge is 0.387 e. The zero-order chi connectivity index (χ0) is 15.0. The zero-order valence-corrected chi connectivity index (χ0v) is 13.6. The minimum Gasteiger partial charge on any atom is -0.387 e. The molecule has 1 saturated carbocycles. The van der Waals surface area contributed by atoms with Gasteiger partial charge in [0.25, 0.3) is 0 Å². The minimum absolute atomic E-state index is 0.265. The standard InChI is InChI=1S/C17H30N2O2/c1-13(2)17(21)11-18(12-17)10-16(20)19-9-5-7-14-6-3-4-8-15(14)19/h13-15,21H,3-12H2,1-2H3. The molecule has 2 unspecified atom stereocenters. The molecule has 3 aliphatic rings. The van der Waals surface area contributed by atoms with Gasteiger partial charge in [-0.05, 0) is 37.5 Å². The molecule has 2 saturated heterocycles. The maximum atomic E-state index is 12.6. The average molecular weight is 294 g/mol. The van der Waals surface area contributed by atoms with Crippen LogP contribution in [0.2, 0.25) is 0 Å². The van der Waals surface area contributed by atoms with Crippen molar-refractivity contribution < 1.29 is 9.90 Å². The van der Waals surface area contributed by atoms with Gasteiger partial charge in [-0.3, -0.25) is 9.69 Å². The molecular formula is C17H30N2O2. The van der Waals surface area contributed by atoms with Gasteiger partial charge in [0.1, 0.15) is 0 Å². The van der Waals surface area contributed by atoms with Gasteiger partial charge in [-0.1, -0.05) is 26.7 Å². The van der Waals surface area contributed by atoms with E-state index in [4.69, 9.17) is 0 Å². The fourth-order valence-corrected chi connectivity index (χ4v) is 4.42. The Bertz CT molecular complexity index is 388. The first-order valence-electron chi connectivity index (χ1n) is 8.74. The second kappa shape index (κ2) is 5.88. The molecule has 0 spiro atoms. The van der Waals surface area contributed by atoms with Crippen LogP contribution >= 0.6 is 0 Å². The van der Waals surface area contributed by atoms with Gasteiger partial charge in [0.15, 0.2) is 0 Å². The Labute approximate surface area is 128 Å². The summed E-state index contributed by atoms with van der Waals surface area (Å²) < 4.78 is 0. The van der Waals surface area contributed by atoms with Crippen LogP contribution in [-0.4, -0.2) is 58.6 Å². The number of fused-ring (bicyclic) bond motifs is 1. The summed E-state index contributed by atoms with van der Waals surface area (Å²) in [5, 5.41) is 10.3. The van der Waals surface area contributed by atoms with Gasteiger partial charge in [0.05, 0.1) is 12.1 Å². The van der Waals surface area contributed by atoms with Crippen LogP contribution < -0.4 is 0 Å². The lowest BCUT2D eigenvalue weighted by molar-refractivity contribution is -0.153. The molecule has 0 radical (unpaired) electrons. The SMILES string of the molecule is CC(C)C1(O)CN(CC(=O)N2CCCC3CCCCC32)C1. The van der Waals surface area contributed by atoms with Gasteiger partial charge in [-0.25, -0.2) is 0 Å². The highest BCUT2D eigenvalue weighted by Gasteiger charge is 2.45. The van der Waals surface area contributed by atoms with E-state index in [1.807, 2.05) is 0 Å². The summed E-state index contributed by atoms with van der Waals surface area (Å²) in [4.78, 5) is 16.9. The van der Waals surface area contributed by atoms with Gasteiger partial charge < -0.3 is 10.0 Å². The highest BCUT2D eigenvalue weighted by Crippen LogP contribution is 2.35. The van der Waals surface area contributed by atoms with E-state index in [-0.39, 0.29) is 11.8 Å². The minimum atomic E-state index is -0.574. The fraction of sp³-hybridized carbons (Fsp3) is 0.941. The number of hydrogen-bond donors (Lipinski definition) is 1. The first-order chi connectivity index (χ1) is 9.99. The average Bonchev–Trinajstić information content (AvgIpc) is 2.44. The third kappa shape index (κ3) is 2.98. The maximum Gasteiger partial charge on any atom is 0.237 e. The summed E-state index contributed by atoms with van der Waals surface area (Å²) in [5.41, 5.74) is -0.574. The van der Waals surface area contributed by atoms with E-state index in [0.717, 1.165) is 12.5 Å². The van der Waals surface area contributed by atoms with Crippen molar-refractivity contribution in [1.82, 2.24) is 9.80 Å². The van der Waals surface area contributed by atoms with E-state index in [2.05, 4.69) is 23.6 Å². The molecule has 2 heterocycles. The van der Waals surface area contributed by atoms with Crippen LogP contribution in [0.3, 0.4) is 0 Å². The highest BCUT2D eigenvalue weighted by molar-refractivity contribution is 5.79. The van der Waals surface area contributed by atoms with Crippen molar-refractivity contribution in [1.29, 1.82) is 0 Å². The number of β-amino-alcohol motifs (C(OH)–C–C–N with tert-alkyl or cyclic N) is 1. The van der Waals surface area contributed by atoms with Gasteiger partial charge >= 0.3 is 0 Å². The number of hydrogen-bond acceptors (Lipinski definition) is 3. The van der Waals surface area contributed by atoms with Crippen molar-refractivity contribution in [3.05, 3.63) is 0 Å². The maximum absolute atomic E-state index is 12.6. The van der Waals surface area contributed by atoms with Crippen molar-refractivity contribution in [3.63, 3.8) is 0 Å². The van der Waals surface area contributed by atoms with E-state index < -0.39 is 5.60 Å².